The Labute approximate surface area is 117 Å². The van der Waals surface area contributed by atoms with Gasteiger partial charge in [0.15, 0.2) is 5.82 Å². The maximum atomic E-state index is 11.8. The molecule has 2 saturated carbocycles. The Morgan fingerprint density at radius 2 is 1.95 bits per heavy atom. The summed E-state index contributed by atoms with van der Waals surface area (Å²) in [7, 11) is 0. The molecule has 5 heteroatoms. The molecule has 3 rings (SSSR count). The lowest BCUT2D eigenvalue weighted by atomic mass is 9.88. The number of thioether (sulfide) groups is 1. The Bertz CT molecular complexity index is 440. The van der Waals surface area contributed by atoms with Gasteiger partial charge in [-0.3, -0.25) is 4.79 Å². The van der Waals surface area contributed by atoms with Crippen LogP contribution >= 0.6 is 11.8 Å². The maximum absolute atomic E-state index is 11.8. The summed E-state index contributed by atoms with van der Waals surface area (Å²) in [5.74, 6) is 2.25. The van der Waals surface area contributed by atoms with Crippen LogP contribution < -0.4 is 0 Å². The highest BCUT2D eigenvalue weighted by Crippen LogP contribution is 2.32. The molecular weight excluding hydrogens is 260 g/mol. The van der Waals surface area contributed by atoms with Crippen molar-refractivity contribution in [3.63, 3.8) is 0 Å². The summed E-state index contributed by atoms with van der Waals surface area (Å²) in [6, 6.07) is 0. The van der Waals surface area contributed by atoms with E-state index in [0.29, 0.717) is 12.3 Å². The number of Topliss-reactive ketones (excluding diaryl/α,β-unsaturated/α-hetero) is 1. The van der Waals surface area contributed by atoms with Gasteiger partial charge in [-0.15, -0.1) is 0 Å². The van der Waals surface area contributed by atoms with Crippen LogP contribution in [0.4, 0.5) is 0 Å². The van der Waals surface area contributed by atoms with Crippen molar-refractivity contribution in [1.82, 2.24) is 10.1 Å². The van der Waals surface area contributed by atoms with Crippen LogP contribution in [-0.4, -0.2) is 21.2 Å². The molecule has 104 valence electrons. The number of ketones is 1. The largest absolute Gasteiger partial charge is 0.339 e. The third-order valence-corrected chi connectivity index (χ3v) is 5.45. The number of hydrogen-bond donors (Lipinski definition) is 0. The summed E-state index contributed by atoms with van der Waals surface area (Å²) in [5, 5.41) is 4.79. The number of carbonyl (C=O) groups excluding carboxylic acids is 1. The lowest BCUT2D eigenvalue weighted by molar-refractivity contribution is -0.122. The molecule has 0 aliphatic heterocycles. The van der Waals surface area contributed by atoms with Gasteiger partial charge in [-0.05, 0) is 25.7 Å². The van der Waals surface area contributed by atoms with E-state index < -0.39 is 0 Å². The molecule has 1 aromatic heterocycles. The molecule has 0 bridgehead atoms. The summed E-state index contributed by atoms with van der Waals surface area (Å²) in [6.07, 6.45) is 8.97. The smallest absolute Gasteiger partial charge is 0.237 e. The molecular formula is C14H20N2O2S. The monoisotopic (exact) mass is 280 g/mol. The topological polar surface area (TPSA) is 56.0 Å². The predicted molar refractivity (Wildman–Crippen MR) is 74.1 cm³/mol. The van der Waals surface area contributed by atoms with E-state index in [9.17, 15) is 4.79 Å². The van der Waals surface area contributed by atoms with Gasteiger partial charge in [0.1, 0.15) is 5.78 Å². The predicted octanol–water partition coefficient (Wildman–Crippen LogP) is 3.47. The second kappa shape index (κ2) is 6.07. The first kappa shape index (κ1) is 13.2. The Hall–Kier alpha value is -0.840. The zero-order valence-corrected chi connectivity index (χ0v) is 12.0. The van der Waals surface area contributed by atoms with Crippen LogP contribution in [0.3, 0.4) is 0 Å². The van der Waals surface area contributed by atoms with Gasteiger partial charge in [0.2, 0.25) is 5.89 Å². The van der Waals surface area contributed by atoms with E-state index in [1.54, 1.807) is 0 Å². The fraction of sp³-hybridized carbons (Fsp3) is 0.786. The van der Waals surface area contributed by atoms with Gasteiger partial charge in [-0.25, -0.2) is 0 Å². The summed E-state index contributed by atoms with van der Waals surface area (Å²) in [6.45, 7) is 0. The molecule has 2 fully saturated rings. The van der Waals surface area contributed by atoms with Gasteiger partial charge < -0.3 is 4.52 Å². The summed E-state index contributed by atoms with van der Waals surface area (Å²) in [5.41, 5.74) is 0. The summed E-state index contributed by atoms with van der Waals surface area (Å²) < 4.78 is 5.29. The molecule has 1 aromatic rings. The minimum absolute atomic E-state index is 0.133. The Balaban J connectivity index is 1.57. The highest BCUT2D eigenvalue weighted by molar-refractivity contribution is 7.99. The van der Waals surface area contributed by atoms with E-state index in [1.807, 2.05) is 11.8 Å². The summed E-state index contributed by atoms with van der Waals surface area (Å²) in [4.78, 5) is 16.3. The Morgan fingerprint density at radius 1 is 1.16 bits per heavy atom. The minimum atomic E-state index is -0.133. The second-order valence-corrected chi connectivity index (χ2v) is 6.82. The summed E-state index contributed by atoms with van der Waals surface area (Å²) >= 11 is 1.93. The molecule has 2 aliphatic carbocycles. The number of nitrogens with zero attached hydrogens (tertiary/aromatic N) is 2. The molecule has 1 unspecified atom stereocenters. The average molecular weight is 280 g/mol. The van der Waals surface area contributed by atoms with Gasteiger partial charge in [0, 0.05) is 11.7 Å². The first-order valence-corrected chi connectivity index (χ1v) is 8.34. The van der Waals surface area contributed by atoms with Crippen LogP contribution in [0.5, 0.6) is 0 Å². The van der Waals surface area contributed by atoms with E-state index in [0.717, 1.165) is 36.1 Å². The van der Waals surface area contributed by atoms with Gasteiger partial charge in [0.25, 0.3) is 0 Å². The Morgan fingerprint density at radius 3 is 2.74 bits per heavy atom. The third-order valence-electron chi connectivity index (χ3n) is 4.09. The van der Waals surface area contributed by atoms with E-state index >= 15 is 0 Å². The van der Waals surface area contributed by atoms with Crippen LogP contribution in [0.2, 0.25) is 0 Å². The molecule has 0 radical (unpaired) electrons. The molecule has 0 aromatic carbocycles. The van der Waals surface area contributed by atoms with Crippen molar-refractivity contribution in [2.24, 2.45) is 0 Å². The number of rotatable bonds is 4. The molecule has 0 N–H and O–H groups in total. The van der Waals surface area contributed by atoms with Crippen LogP contribution in [0.15, 0.2) is 4.52 Å². The highest BCUT2D eigenvalue weighted by Gasteiger charge is 2.29. The zero-order valence-electron chi connectivity index (χ0n) is 11.1. The van der Waals surface area contributed by atoms with Crippen molar-refractivity contribution in [2.75, 3.05) is 0 Å². The quantitative estimate of drug-likeness (QED) is 0.845. The van der Waals surface area contributed by atoms with Crippen molar-refractivity contribution in [1.29, 1.82) is 0 Å². The molecule has 4 nitrogen and oxygen atoms in total. The van der Waals surface area contributed by atoms with Gasteiger partial charge in [-0.2, -0.15) is 16.7 Å². The number of aromatic nitrogens is 2. The van der Waals surface area contributed by atoms with Crippen LogP contribution in [0, 0.1) is 0 Å². The normalized spacial score (nSPS) is 25.1. The van der Waals surface area contributed by atoms with Gasteiger partial charge >= 0.3 is 0 Å². The van der Waals surface area contributed by atoms with Crippen LogP contribution in [-0.2, 0) is 10.5 Å². The van der Waals surface area contributed by atoms with E-state index in [2.05, 4.69) is 10.1 Å². The lowest BCUT2D eigenvalue weighted by Crippen LogP contribution is -2.17. The first-order chi connectivity index (χ1) is 9.33. The number of carbonyl (C=O) groups is 1. The standard InChI is InChI=1S/C14H20N2O2S/c17-12-8-4-3-7-11(12)14-15-13(16-18-14)9-19-10-5-1-2-6-10/h10-11H,1-9H2. The second-order valence-electron chi connectivity index (χ2n) is 5.53. The zero-order chi connectivity index (χ0) is 13.1. The van der Waals surface area contributed by atoms with E-state index in [-0.39, 0.29) is 11.7 Å². The molecule has 0 amide bonds. The molecule has 2 aliphatic rings. The molecule has 0 spiro atoms. The van der Waals surface area contributed by atoms with Crippen LogP contribution in [0.1, 0.15) is 69.0 Å². The average Bonchev–Trinajstić information content (AvgIpc) is 3.08. The highest BCUT2D eigenvalue weighted by atomic mass is 32.2. The maximum Gasteiger partial charge on any atom is 0.237 e. The van der Waals surface area contributed by atoms with Gasteiger partial charge in [-0.1, -0.05) is 24.4 Å². The molecule has 1 atom stereocenters. The van der Waals surface area contributed by atoms with Crippen molar-refractivity contribution >= 4 is 17.5 Å². The Kier molecular flexibility index (Phi) is 4.21. The first-order valence-electron chi connectivity index (χ1n) is 7.30. The third kappa shape index (κ3) is 3.19. The number of hydrogen-bond acceptors (Lipinski definition) is 5. The molecule has 0 saturated heterocycles. The van der Waals surface area contributed by atoms with E-state index in [4.69, 9.17) is 4.52 Å². The van der Waals surface area contributed by atoms with Crippen molar-refractivity contribution < 1.29 is 9.32 Å². The fourth-order valence-electron chi connectivity index (χ4n) is 2.96. The SMILES string of the molecule is O=C1CCCCC1c1nc(CSC2CCCC2)no1. The fourth-order valence-corrected chi connectivity index (χ4v) is 4.13. The minimum Gasteiger partial charge on any atom is -0.339 e. The lowest BCUT2D eigenvalue weighted by Gasteiger charge is -2.16. The van der Waals surface area contributed by atoms with Crippen molar-refractivity contribution in [2.45, 2.75) is 68.3 Å². The molecule has 19 heavy (non-hydrogen) atoms. The molecule has 1 heterocycles. The van der Waals surface area contributed by atoms with Crippen LogP contribution in [0.25, 0.3) is 0 Å². The van der Waals surface area contributed by atoms with Crippen molar-refractivity contribution in [3.05, 3.63) is 11.7 Å². The van der Waals surface area contributed by atoms with Gasteiger partial charge in [0.05, 0.1) is 11.7 Å². The van der Waals surface area contributed by atoms with Crippen molar-refractivity contribution in [3.8, 4) is 0 Å². The van der Waals surface area contributed by atoms with E-state index in [1.165, 1.54) is 25.7 Å².